The van der Waals surface area contributed by atoms with Crippen molar-refractivity contribution in [2.75, 3.05) is 6.54 Å². The smallest absolute Gasteiger partial charge is 0.252 e. The maximum absolute atomic E-state index is 12.8. The Morgan fingerprint density at radius 1 is 1.30 bits per heavy atom. The zero-order chi connectivity index (χ0) is 14.4. The average Bonchev–Trinajstić information content (AvgIpc) is 3.27. The third-order valence-electron chi connectivity index (χ3n) is 4.32. The normalized spacial score (nSPS) is 25.1. The molecule has 0 aliphatic heterocycles. The first kappa shape index (κ1) is 13.8. The first-order valence-electron chi connectivity index (χ1n) is 6.82. The quantitative estimate of drug-likeness (QED) is 0.885. The van der Waals surface area contributed by atoms with Crippen LogP contribution in [0.3, 0.4) is 0 Å². The van der Waals surface area contributed by atoms with Crippen LogP contribution in [0.4, 0.5) is 8.78 Å². The van der Waals surface area contributed by atoms with Gasteiger partial charge in [0.25, 0.3) is 5.92 Å². The van der Waals surface area contributed by atoms with Crippen LogP contribution in [0.2, 0.25) is 5.02 Å². The van der Waals surface area contributed by atoms with E-state index in [1.807, 2.05) is 24.3 Å². The van der Waals surface area contributed by atoms with E-state index in [9.17, 15) is 13.6 Å². The van der Waals surface area contributed by atoms with Crippen LogP contribution in [-0.2, 0) is 10.2 Å². The maximum Gasteiger partial charge on any atom is 0.252 e. The first-order chi connectivity index (χ1) is 9.41. The third-order valence-corrected chi connectivity index (χ3v) is 4.57. The molecule has 2 nitrogen and oxygen atoms in total. The van der Waals surface area contributed by atoms with Crippen molar-refractivity contribution < 1.29 is 13.6 Å². The molecule has 0 saturated heterocycles. The molecular weight excluding hydrogens is 284 g/mol. The number of benzene rings is 1. The summed E-state index contributed by atoms with van der Waals surface area (Å²) in [6, 6.07) is 7.61. The van der Waals surface area contributed by atoms with Crippen molar-refractivity contribution in [1.29, 1.82) is 0 Å². The third kappa shape index (κ3) is 2.80. The molecule has 5 heteroatoms. The summed E-state index contributed by atoms with van der Waals surface area (Å²) in [5.74, 6) is -3.65. The molecule has 3 rings (SSSR count). The van der Waals surface area contributed by atoms with Crippen molar-refractivity contribution in [2.24, 2.45) is 5.92 Å². The summed E-state index contributed by atoms with van der Waals surface area (Å²) in [5, 5.41) is 3.49. The van der Waals surface area contributed by atoms with Gasteiger partial charge >= 0.3 is 0 Å². The summed E-state index contributed by atoms with van der Waals surface area (Å²) in [7, 11) is 0. The van der Waals surface area contributed by atoms with Gasteiger partial charge in [0.1, 0.15) is 0 Å². The Kier molecular flexibility index (Phi) is 3.24. The fourth-order valence-corrected chi connectivity index (χ4v) is 2.70. The van der Waals surface area contributed by atoms with Crippen molar-refractivity contribution in [2.45, 2.75) is 37.0 Å². The van der Waals surface area contributed by atoms with Crippen LogP contribution in [0.25, 0.3) is 0 Å². The van der Waals surface area contributed by atoms with E-state index in [4.69, 9.17) is 11.6 Å². The van der Waals surface area contributed by atoms with Gasteiger partial charge in [0.2, 0.25) is 5.91 Å². The molecule has 2 aliphatic rings. The van der Waals surface area contributed by atoms with Crippen molar-refractivity contribution in [1.82, 2.24) is 5.32 Å². The zero-order valence-corrected chi connectivity index (χ0v) is 11.7. The number of halogens is 3. The van der Waals surface area contributed by atoms with Crippen LogP contribution >= 0.6 is 11.6 Å². The lowest BCUT2D eigenvalue weighted by Gasteiger charge is -2.16. The summed E-state index contributed by atoms with van der Waals surface area (Å²) in [6.07, 6.45) is 1.80. The zero-order valence-electron chi connectivity index (χ0n) is 11.0. The predicted octanol–water partition coefficient (Wildman–Crippen LogP) is 3.53. The van der Waals surface area contributed by atoms with Gasteiger partial charge in [0, 0.05) is 35.7 Å². The van der Waals surface area contributed by atoms with E-state index in [0.717, 1.165) is 18.4 Å². The number of hydrogen-bond donors (Lipinski definition) is 1. The maximum atomic E-state index is 12.8. The summed E-state index contributed by atoms with van der Waals surface area (Å²) < 4.78 is 25.5. The van der Waals surface area contributed by atoms with E-state index in [-0.39, 0.29) is 24.2 Å². The molecule has 1 N–H and O–H groups in total. The van der Waals surface area contributed by atoms with Crippen molar-refractivity contribution >= 4 is 17.5 Å². The highest BCUT2D eigenvalue weighted by Gasteiger charge is 2.57. The fraction of sp³-hybridized carbons (Fsp3) is 0.533. The number of alkyl halides is 2. The van der Waals surface area contributed by atoms with E-state index in [1.165, 1.54) is 0 Å². The van der Waals surface area contributed by atoms with Crippen LogP contribution in [0.5, 0.6) is 0 Å². The van der Waals surface area contributed by atoms with E-state index in [2.05, 4.69) is 5.32 Å². The van der Waals surface area contributed by atoms with E-state index >= 15 is 0 Å². The lowest BCUT2D eigenvalue weighted by Crippen LogP contribution is -2.32. The Bertz CT molecular complexity index is 525. The van der Waals surface area contributed by atoms with Gasteiger partial charge < -0.3 is 5.32 Å². The van der Waals surface area contributed by atoms with Gasteiger partial charge in [0.15, 0.2) is 0 Å². The van der Waals surface area contributed by atoms with Gasteiger partial charge in [0.05, 0.1) is 0 Å². The minimum absolute atomic E-state index is 0.0215. The SMILES string of the molecule is O=C(C[C@H]1CC1(F)F)NCC1(c2ccc(Cl)cc2)CC1. The van der Waals surface area contributed by atoms with Crippen LogP contribution in [0.15, 0.2) is 24.3 Å². The number of carbonyl (C=O) groups is 1. The molecule has 0 spiro atoms. The summed E-state index contributed by atoms with van der Waals surface area (Å²) in [6.45, 7) is 0.520. The Hall–Kier alpha value is -1.16. The molecule has 2 saturated carbocycles. The number of nitrogens with one attached hydrogen (secondary N) is 1. The lowest BCUT2D eigenvalue weighted by molar-refractivity contribution is -0.122. The van der Waals surface area contributed by atoms with Crippen LogP contribution in [-0.4, -0.2) is 18.4 Å². The molecule has 0 bridgehead atoms. The molecule has 0 heterocycles. The molecule has 20 heavy (non-hydrogen) atoms. The van der Waals surface area contributed by atoms with E-state index in [1.54, 1.807) is 0 Å². The Labute approximate surface area is 121 Å². The van der Waals surface area contributed by atoms with Gasteiger partial charge in [-0.3, -0.25) is 4.79 Å². The van der Waals surface area contributed by atoms with E-state index in [0.29, 0.717) is 11.6 Å². The molecule has 0 unspecified atom stereocenters. The highest BCUT2D eigenvalue weighted by Crippen LogP contribution is 2.51. The van der Waals surface area contributed by atoms with Crippen LogP contribution in [0.1, 0.15) is 31.2 Å². The van der Waals surface area contributed by atoms with Crippen molar-refractivity contribution in [3.63, 3.8) is 0 Å². The standard InChI is InChI=1S/C15H16ClF2NO/c16-12-3-1-10(2-4-12)14(5-6-14)9-19-13(20)7-11-8-15(11,17)18/h1-4,11H,5-9H2,(H,19,20)/t11-/m0/s1. The number of rotatable bonds is 5. The Morgan fingerprint density at radius 2 is 1.90 bits per heavy atom. The van der Waals surface area contributed by atoms with Crippen LogP contribution in [0, 0.1) is 5.92 Å². The molecule has 108 valence electrons. The van der Waals surface area contributed by atoms with Gasteiger partial charge in [-0.15, -0.1) is 0 Å². The number of amides is 1. The molecule has 0 radical (unpaired) electrons. The number of hydrogen-bond acceptors (Lipinski definition) is 1. The van der Waals surface area contributed by atoms with Crippen LogP contribution < -0.4 is 5.32 Å². The monoisotopic (exact) mass is 299 g/mol. The Balaban J connectivity index is 1.53. The second-order valence-electron chi connectivity index (χ2n) is 5.93. The minimum atomic E-state index is -2.62. The van der Waals surface area contributed by atoms with E-state index < -0.39 is 11.8 Å². The predicted molar refractivity (Wildman–Crippen MR) is 73.0 cm³/mol. The summed E-state index contributed by atoms with van der Waals surface area (Å²) >= 11 is 5.86. The fourth-order valence-electron chi connectivity index (χ4n) is 2.58. The second kappa shape index (κ2) is 4.69. The van der Waals surface area contributed by atoms with Crippen molar-refractivity contribution in [3.05, 3.63) is 34.9 Å². The first-order valence-corrected chi connectivity index (χ1v) is 7.20. The number of carbonyl (C=O) groups excluding carboxylic acids is 1. The van der Waals surface area contributed by atoms with Gasteiger partial charge in [-0.1, -0.05) is 23.7 Å². The summed E-state index contributed by atoms with van der Waals surface area (Å²) in [4.78, 5) is 11.7. The molecule has 2 aliphatic carbocycles. The molecular formula is C15H16ClF2NO. The lowest BCUT2D eigenvalue weighted by atomic mass is 9.96. The summed E-state index contributed by atoms with van der Waals surface area (Å²) in [5.41, 5.74) is 1.13. The second-order valence-corrected chi connectivity index (χ2v) is 6.37. The van der Waals surface area contributed by atoms with Gasteiger partial charge in [-0.25, -0.2) is 8.78 Å². The topological polar surface area (TPSA) is 29.1 Å². The molecule has 0 aromatic heterocycles. The van der Waals surface area contributed by atoms with Gasteiger partial charge in [-0.05, 0) is 30.5 Å². The van der Waals surface area contributed by atoms with Gasteiger partial charge in [-0.2, -0.15) is 0 Å². The molecule has 1 aromatic rings. The van der Waals surface area contributed by atoms with Crippen molar-refractivity contribution in [3.8, 4) is 0 Å². The molecule has 2 fully saturated rings. The largest absolute Gasteiger partial charge is 0.355 e. The molecule has 1 amide bonds. The molecule has 1 atom stereocenters. The highest BCUT2D eigenvalue weighted by atomic mass is 35.5. The highest BCUT2D eigenvalue weighted by molar-refractivity contribution is 6.30. The minimum Gasteiger partial charge on any atom is -0.355 e. The average molecular weight is 300 g/mol. The Morgan fingerprint density at radius 3 is 2.40 bits per heavy atom. The molecule has 1 aromatic carbocycles.